The molecule has 1 aromatic carbocycles. The minimum absolute atomic E-state index is 0.0552. The highest BCUT2D eigenvalue weighted by Gasteiger charge is 2.41. The van der Waals surface area contributed by atoms with Gasteiger partial charge in [-0.25, -0.2) is 9.97 Å². The van der Waals surface area contributed by atoms with Gasteiger partial charge >= 0.3 is 0 Å². The molecule has 156 valence electrons. The van der Waals surface area contributed by atoms with Crippen LogP contribution in [0, 0.1) is 11.8 Å². The zero-order chi connectivity index (χ0) is 20.5. The SMILES string of the molecule is CC1CCN(C(=O)c2oc3ccccc3c2CSc2ncccn2)C2CCCCC12. The van der Waals surface area contributed by atoms with Crippen molar-refractivity contribution in [3.8, 4) is 0 Å². The number of hydrogen-bond acceptors (Lipinski definition) is 5. The van der Waals surface area contributed by atoms with Crippen LogP contribution in [0.1, 0.15) is 55.1 Å². The van der Waals surface area contributed by atoms with Crippen molar-refractivity contribution in [1.29, 1.82) is 0 Å². The van der Waals surface area contributed by atoms with E-state index < -0.39 is 0 Å². The van der Waals surface area contributed by atoms with Gasteiger partial charge in [-0.15, -0.1) is 0 Å². The number of rotatable bonds is 4. The molecule has 6 heteroatoms. The highest BCUT2D eigenvalue weighted by atomic mass is 32.2. The van der Waals surface area contributed by atoms with Crippen LogP contribution in [-0.4, -0.2) is 33.4 Å². The van der Waals surface area contributed by atoms with Gasteiger partial charge in [-0.3, -0.25) is 4.79 Å². The molecule has 1 aliphatic heterocycles. The normalized spacial score (nSPS) is 24.0. The third-order valence-electron chi connectivity index (χ3n) is 6.78. The number of amides is 1. The maximum Gasteiger partial charge on any atom is 0.290 e. The molecule has 2 fully saturated rings. The van der Waals surface area contributed by atoms with Crippen molar-refractivity contribution in [2.45, 2.75) is 56.0 Å². The van der Waals surface area contributed by atoms with Crippen LogP contribution in [0.15, 0.2) is 52.3 Å². The molecule has 1 aliphatic carbocycles. The van der Waals surface area contributed by atoms with Crippen molar-refractivity contribution < 1.29 is 9.21 Å². The molecule has 2 aliphatic rings. The Hall–Kier alpha value is -2.34. The van der Waals surface area contributed by atoms with Gasteiger partial charge in [0.1, 0.15) is 5.58 Å². The van der Waals surface area contributed by atoms with E-state index in [1.165, 1.54) is 19.3 Å². The smallest absolute Gasteiger partial charge is 0.290 e. The summed E-state index contributed by atoms with van der Waals surface area (Å²) in [6, 6.07) is 10.1. The lowest BCUT2D eigenvalue weighted by Gasteiger charge is -2.47. The summed E-state index contributed by atoms with van der Waals surface area (Å²) in [4.78, 5) is 24.5. The topological polar surface area (TPSA) is 59.2 Å². The second kappa shape index (κ2) is 8.42. The summed E-state index contributed by atoms with van der Waals surface area (Å²) in [7, 11) is 0. The number of furan rings is 1. The predicted octanol–water partition coefficient (Wildman–Crippen LogP) is 5.56. The number of hydrogen-bond donors (Lipinski definition) is 0. The van der Waals surface area contributed by atoms with E-state index in [0.29, 0.717) is 34.5 Å². The second-order valence-corrected chi connectivity index (χ2v) is 9.45. The molecule has 5 nitrogen and oxygen atoms in total. The molecule has 1 amide bonds. The first-order valence-electron chi connectivity index (χ1n) is 10.9. The van der Waals surface area contributed by atoms with E-state index in [4.69, 9.17) is 4.42 Å². The largest absolute Gasteiger partial charge is 0.451 e. The van der Waals surface area contributed by atoms with E-state index in [1.54, 1.807) is 24.2 Å². The number of carbonyl (C=O) groups is 1. The molecule has 2 aromatic heterocycles. The number of piperidine rings is 1. The van der Waals surface area contributed by atoms with Gasteiger partial charge in [0, 0.05) is 41.7 Å². The number of thioether (sulfide) groups is 1. The van der Waals surface area contributed by atoms with E-state index in [9.17, 15) is 4.79 Å². The third-order valence-corrected chi connectivity index (χ3v) is 7.68. The van der Waals surface area contributed by atoms with Crippen molar-refractivity contribution in [2.24, 2.45) is 11.8 Å². The van der Waals surface area contributed by atoms with Gasteiger partial charge < -0.3 is 9.32 Å². The number of para-hydroxylation sites is 1. The molecular weight excluding hydrogens is 394 g/mol. The predicted molar refractivity (Wildman–Crippen MR) is 118 cm³/mol. The maximum absolute atomic E-state index is 13.8. The zero-order valence-electron chi connectivity index (χ0n) is 17.3. The van der Waals surface area contributed by atoms with Gasteiger partial charge in [-0.05, 0) is 43.2 Å². The molecule has 1 saturated heterocycles. The maximum atomic E-state index is 13.8. The molecular formula is C24H27N3O2S. The van der Waals surface area contributed by atoms with E-state index in [2.05, 4.69) is 21.8 Å². The first-order valence-corrected chi connectivity index (χ1v) is 11.9. The van der Waals surface area contributed by atoms with Crippen molar-refractivity contribution in [2.75, 3.05) is 6.54 Å². The summed E-state index contributed by atoms with van der Waals surface area (Å²) in [5, 5.41) is 1.72. The fraction of sp³-hybridized carbons (Fsp3) is 0.458. The molecule has 5 rings (SSSR count). The number of likely N-dealkylation sites (tertiary alicyclic amines) is 1. The average molecular weight is 422 g/mol. The van der Waals surface area contributed by atoms with Crippen LogP contribution in [0.5, 0.6) is 0 Å². The summed E-state index contributed by atoms with van der Waals surface area (Å²) in [5.74, 6) is 2.48. The highest BCUT2D eigenvalue weighted by Crippen LogP contribution is 2.40. The van der Waals surface area contributed by atoms with Crippen molar-refractivity contribution in [3.05, 3.63) is 54.0 Å². The lowest BCUT2D eigenvalue weighted by molar-refractivity contribution is 0.0195. The van der Waals surface area contributed by atoms with Crippen LogP contribution < -0.4 is 0 Å². The summed E-state index contributed by atoms with van der Waals surface area (Å²) < 4.78 is 6.16. The third kappa shape index (κ3) is 3.62. The van der Waals surface area contributed by atoms with Gasteiger partial charge in [0.15, 0.2) is 10.9 Å². The number of carbonyl (C=O) groups excluding carboxylic acids is 1. The quantitative estimate of drug-likeness (QED) is 0.408. The first-order chi connectivity index (χ1) is 14.7. The van der Waals surface area contributed by atoms with Crippen LogP contribution >= 0.6 is 11.8 Å². The fourth-order valence-electron chi connectivity index (χ4n) is 5.21. The minimum atomic E-state index is 0.0552. The molecule has 1 saturated carbocycles. The van der Waals surface area contributed by atoms with Crippen LogP contribution in [0.2, 0.25) is 0 Å². The van der Waals surface area contributed by atoms with Crippen LogP contribution in [-0.2, 0) is 5.75 Å². The Bertz CT molecular complexity index is 1040. The number of aromatic nitrogens is 2. The van der Waals surface area contributed by atoms with Crippen LogP contribution in [0.3, 0.4) is 0 Å². The minimum Gasteiger partial charge on any atom is -0.451 e. The van der Waals surface area contributed by atoms with Crippen molar-refractivity contribution in [3.63, 3.8) is 0 Å². The van der Waals surface area contributed by atoms with Gasteiger partial charge in [-0.2, -0.15) is 0 Å². The first kappa shape index (κ1) is 19.6. The standard InChI is InChI=1S/C24H27N3O2S/c1-16-11-14-27(20-9-4-2-7-17(16)20)23(28)22-19(15-30-24-25-12-6-13-26-24)18-8-3-5-10-21(18)29-22/h3,5-6,8,10,12-13,16-17,20H,2,4,7,9,11,14-15H2,1H3. The molecule has 0 radical (unpaired) electrons. The summed E-state index contributed by atoms with van der Waals surface area (Å²) in [6.07, 6.45) is 9.42. The van der Waals surface area contributed by atoms with E-state index in [1.807, 2.05) is 30.3 Å². The molecule has 0 bridgehead atoms. The molecule has 3 aromatic rings. The summed E-state index contributed by atoms with van der Waals surface area (Å²) in [6.45, 7) is 3.18. The second-order valence-electron chi connectivity index (χ2n) is 8.51. The number of nitrogens with zero attached hydrogens (tertiary/aromatic N) is 3. The highest BCUT2D eigenvalue weighted by molar-refractivity contribution is 7.98. The van der Waals surface area contributed by atoms with Gasteiger partial charge in [0.25, 0.3) is 5.91 Å². The molecule has 0 N–H and O–H groups in total. The molecule has 30 heavy (non-hydrogen) atoms. The van der Waals surface area contributed by atoms with Crippen molar-refractivity contribution >= 4 is 28.6 Å². The average Bonchev–Trinajstić information content (AvgIpc) is 3.17. The van der Waals surface area contributed by atoms with Crippen LogP contribution in [0.25, 0.3) is 11.0 Å². The van der Waals surface area contributed by atoms with E-state index in [0.717, 1.165) is 35.9 Å². The molecule has 0 spiro atoms. The summed E-state index contributed by atoms with van der Waals surface area (Å²) >= 11 is 1.54. The Kier molecular flexibility index (Phi) is 5.50. The fourth-order valence-corrected chi connectivity index (χ4v) is 6.04. The van der Waals surface area contributed by atoms with E-state index in [-0.39, 0.29) is 5.91 Å². The Morgan fingerprint density at radius 2 is 1.93 bits per heavy atom. The van der Waals surface area contributed by atoms with E-state index >= 15 is 0 Å². The molecule has 3 heterocycles. The number of fused-ring (bicyclic) bond motifs is 2. The van der Waals surface area contributed by atoms with Gasteiger partial charge in [0.05, 0.1) is 0 Å². The Labute approximate surface area is 181 Å². The summed E-state index contributed by atoms with van der Waals surface area (Å²) in [5.41, 5.74) is 1.73. The van der Waals surface area contributed by atoms with Gasteiger partial charge in [0.2, 0.25) is 0 Å². The Morgan fingerprint density at radius 1 is 1.13 bits per heavy atom. The zero-order valence-corrected chi connectivity index (χ0v) is 18.1. The van der Waals surface area contributed by atoms with Crippen LogP contribution in [0.4, 0.5) is 0 Å². The van der Waals surface area contributed by atoms with Crippen molar-refractivity contribution in [1.82, 2.24) is 14.9 Å². The van der Waals surface area contributed by atoms with Gasteiger partial charge in [-0.1, -0.05) is 49.7 Å². The number of benzene rings is 1. The Balaban J connectivity index is 1.47. The lowest BCUT2D eigenvalue weighted by Crippen LogP contribution is -2.52. The molecule has 3 atom stereocenters. The monoisotopic (exact) mass is 421 g/mol. The molecule has 3 unspecified atom stereocenters. The lowest BCUT2D eigenvalue weighted by atomic mass is 9.72. The Morgan fingerprint density at radius 3 is 2.80 bits per heavy atom.